The zero-order chi connectivity index (χ0) is 23.6. The first-order valence-electron chi connectivity index (χ1n) is 10.2. The summed E-state index contributed by atoms with van der Waals surface area (Å²) < 4.78 is 11.7. The lowest BCUT2D eigenvalue weighted by Crippen LogP contribution is -2.13. The number of rotatable bonds is 8. The number of nitrogens with zero attached hydrogens (tertiary/aromatic N) is 1. The molecule has 0 aliphatic carbocycles. The Bertz CT molecular complexity index is 1200. The third kappa shape index (κ3) is 6.92. The molecule has 0 spiro atoms. The summed E-state index contributed by atoms with van der Waals surface area (Å²) in [6, 6.07) is 23.5. The topological polar surface area (TPSA) is 88.4 Å². The Kier molecular flexibility index (Phi) is 8.61. The van der Waals surface area contributed by atoms with Gasteiger partial charge in [0.25, 0.3) is 5.91 Å². The number of nitrogens with one attached hydrogen (secondary N) is 1. The fourth-order valence-corrected chi connectivity index (χ4v) is 3.57. The summed E-state index contributed by atoms with van der Waals surface area (Å²) in [5, 5.41) is 12.1. The minimum Gasteiger partial charge on any atom is -0.488 e. The van der Waals surface area contributed by atoms with Crippen molar-refractivity contribution in [3.8, 4) is 11.8 Å². The van der Waals surface area contributed by atoms with Gasteiger partial charge in [-0.05, 0) is 83.1 Å². The largest absolute Gasteiger partial charge is 0.488 e. The molecule has 0 heterocycles. The standard InChI is InChI=1S/C26H21IN2O4/c1-2-32-26(31)20-9-11-22(12-10-20)29-25(30)21(16-28)14-19-8-13-24(23(27)15-19)33-17-18-6-4-3-5-7-18/h3-15H,2,17H2,1H3,(H,29,30)/b21-14+. The van der Waals surface area contributed by atoms with Crippen LogP contribution in [-0.2, 0) is 16.1 Å². The first kappa shape index (κ1) is 24.0. The lowest BCUT2D eigenvalue weighted by atomic mass is 10.1. The molecule has 0 atom stereocenters. The summed E-state index contributed by atoms with van der Waals surface area (Å²) in [6.07, 6.45) is 1.52. The van der Waals surface area contributed by atoms with Crippen LogP contribution >= 0.6 is 22.6 Å². The van der Waals surface area contributed by atoms with Gasteiger partial charge in [0.1, 0.15) is 24.0 Å². The Morgan fingerprint density at radius 1 is 1.06 bits per heavy atom. The fourth-order valence-electron chi connectivity index (χ4n) is 2.88. The number of hydrogen-bond acceptors (Lipinski definition) is 5. The molecule has 1 N–H and O–H groups in total. The van der Waals surface area contributed by atoms with Gasteiger partial charge >= 0.3 is 5.97 Å². The molecule has 0 saturated carbocycles. The number of ether oxygens (including phenoxy) is 2. The third-order valence-corrected chi connectivity index (χ3v) is 5.37. The van der Waals surface area contributed by atoms with Crippen molar-refractivity contribution >= 4 is 46.2 Å². The van der Waals surface area contributed by atoms with Crippen molar-refractivity contribution < 1.29 is 19.1 Å². The zero-order valence-electron chi connectivity index (χ0n) is 17.9. The van der Waals surface area contributed by atoms with Gasteiger partial charge in [-0.25, -0.2) is 4.79 Å². The Hall–Kier alpha value is -3.64. The molecule has 0 aromatic heterocycles. The quantitative estimate of drug-likeness (QED) is 0.170. The summed E-state index contributed by atoms with van der Waals surface area (Å²) in [5.74, 6) is -0.249. The number of carbonyl (C=O) groups excluding carboxylic acids is 2. The lowest BCUT2D eigenvalue weighted by Gasteiger charge is -2.09. The molecule has 3 rings (SSSR count). The van der Waals surface area contributed by atoms with Crippen LogP contribution in [0.1, 0.15) is 28.4 Å². The Labute approximate surface area is 206 Å². The molecule has 0 aliphatic rings. The number of carbonyl (C=O) groups is 2. The van der Waals surface area contributed by atoms with E-state index in [4.69, 9.17) is 9.47 Å². The summed E-state index contributed by atoms with van der Waals surface area (Å²) in [4.78, 5) is 24.3. The molecule has 6 nitrogen and oxygen atoms in total. The molecule has 1 amide bonds. The van der Waals surface area contributed by atoms with E-state index in [1.54, 1.807) is 37.3 Å². The van der Waals surface area contributed by atoms with Crippen LogP contribution in [0.2, 0.25) is 0 Å². The third-order valence-electron chi connectivity index (χ3n) is 4.52. The van der Waals surface area contributed by atoms with Crippen molar-refractivity contribution in [2.75, 3.05) is 11.9 Å². The summed E-state index contributed by atoms with van der Waals surface area (Å²) in [6.45, 7) is 2.47. The highest BCUT2D eigenvalue weighted by Crippen LogP contribution is 2.24. The second-order valence-corrected chi connectivity index (χ2v) is 8.05. The van der Waals surface area contributed by atoms with Gasteiger partial charge in [0.05, 0.1) is 15.7 Å². The van der Waals surface area contributed by atoms with E-state index in [9.17, 15) is 14.9 Å². The lowest BCUT2D eigenvalue weighted by molar-refractivity contribution is -0.112. The van der Waals surface area contributed by atoms with E-state index < -0.39 is 11.9 Å². The highest BCUT2D eigenvalue weighted by atomic mass is 127. The van der Waals surface area contributed by atoms with Crippen molar-refractivity contribution in [3.05, 3.63) is 98.6 Å². The molecular weight excluding hydrogens is 531 g/mol. The number of nitriles is 1. The minimum atomic E-state index is -0.541. The van der Waals surface area contributed by atoms with Crippen molar-refractivity contribution in [1.29, 1.82) is 5.26 Å². The highest BCUT2D eigenvalue weighted by molar-refractivity contribution is 14.1. The predicted molar refractivity (Wildman–Crippen MR) is 135 cm³/mol. The van der Waals surface area contributed by atoms with Gasteiger partial charge < -0.3 is 14.8 Å². The SMILES string of the molecule is CCOC(=O)c1ccc(NC(=O)/C(C#N)=C/c2ccc(OCc3ccccc3)c(I)c2)cc1. The van der Waals surface area contributed by atoms with Crippen molar-refractivity contribution in [1.82, 2.24) is 0 Å². The zero-order valence-corrected chi connectivity index (χ0v) is 20.0. The molecule has 166 valence electrons. The molecular formula is C26H21IN2O4. The van der Waals surface area contributed by atoms with Crippen molar-refractivity contribution in [3.63, 3.8) is 0 Å². The molecule has 0 radical (unpaired) electrons. The second-order valence-electron chi connectivity index (χ2n) is 6.89. The van der Waals surface area contributed by atoms with Crippen LogP contribution in [0.25, 0.3) is 6.08 Å². The Morgan fingerprint density at radius 2 is 1.79 bits per heavy atom. The summed E-state index contributed by atoms with van der Waals surface area (Å²) in [7, 11) is 0. The van der Waals surface area contributed by atoms with E-state index in [2.05, 4.69) is 27.9 Å². The summed E-state index contributed by atoms with van der Waals surface area (Å²) in [5.41, 5.74) is 2.58. The molecule has 0 saturated heterocycles. The number of amides is 1. The van der Waals surface area contributed by atoms with Crippen LogP contribution in [0.3, 0.4) is 0 Å². The van der Waals surface area contributed by atoms with Gasteiger partial charge in [-0.1, -0.05) is 36.4 Å². The maximum absolute atomic E-state index is 12.6. The molecule has 0 bridgehead atoms. The van der Waals surface area contributed by atoms with Crippen LogP contribution < -0.4 is 10.1 Å². The number of hydrogen-bond donors (Lipinski definition) is 1. The smallest absolute Gasteiger partial charge is 0.338 e. The molecule has 0 fully saturated rings. The molecule has 0 unspecified atom stereocenters. The van der Waals surface area contributed by atoms with Crippen LogP contribution in [0.5, 0.6) is 5.75 Å². The van der Waals surface area contributed by atoms with Crippen molar-refractivity contribution in [2.24, 2.45) is 0 Å². The predicted octanol–water partition coefficient (Wildman–Crippen LogP) is 5.59. The molecule has 7 heteroatoms. The van der Waals surface area contributed by atoms with Gasteiger partial charge in [-0.15, -0.1) is 0 Å². The summed E-state index contributed by atoms with van der Waals surface area (Å²) >= 11 is 2.16. The van der Waals surface area contributed by atoms with E-state index in [-0.39, 0.29) is 12.2 Å². The monoisotopic (exact) mass is 552 g/mol. The second kappa shape index (κ2) is 11.8. The van der Waals surface area contributed by atoms with Crippen molar-refractivity contribution in [2.45, 2.75) is 13.5 Å². The van der Waals surface area contributed by atoms with Crippen LogP contribution in [0, 0.1) is 14.9 Å². The van der Waals surface area contributed by atoms with E-state index >= 15 is 0 Å². The van der Waals surface area contributed by atoms with Gasteiger partial charge in [-0.2, -0.15) is 5.26 Å². The van der Waals surface area contributed by atoms with E-state index in [0.29, 0.717) is 23.4 Å². The van der Waals surface area contributed by atoms with Gasteiger partial charge in [0.15, 0.2) is 0 Å². The normalized spacial score (nSPS) is 10.8. The van der Waals surface area contributed by atoms with Gasteiger partial charge in [0.2, 0.25) is 0 Å². The van der Waals surface area contributed by atoms with Gasteiger partial charge in [0, 0.05) is 5.69 Å². The average Bonchev–Trinajstić information content (AvgIpc) is 2.83. The first-order chi connectivity index (χ1) is 16.0. The highest BCUT2D eigenvalue weighted by Gasteiger charge is 2.12. The maximum atomic E-state index is 12.6. The van der Waals surface area contributed by atoms with Crippen LogP contribution in [0.15, 0.2) is 78.4 Å². The number of benzene rings is 3. The van der Waals surface area contributed by atoms with Crippen LogP contribution in [0.4, 0.5) is 5.69 Å². The average molecular weight is 552 g/mol. The first-order valence-corrected chi connectivity index (χ1v) is 11.2. The molecule has 3 aromatic carbocycles. The van der Waals surface area contributed by atoms with E-state index in [1.165, 1.54) is 6.08 Å². The molecule has 33 heavy (non-hydrogen) atoms. The Balaban J connectivity index is 1.66. The van der Waals surface area contributed by atoms with E-state index in [1.807, 2.05) is 48.5 Å². The Morgan fingerprint density at radius 3 is 2.42 bits per heavy atom. The number of anilines is 1. The number of halogens is 1. The molecule has 0 aliphatic heterocycles. The van der Waals surface area contributed by atoms with Gasteiger partial charge in [-0.3, -0.25) is 4.79 Å². The number of esters is 1. The fraction of sp³-hybridized carbons (Fsp3) is 0.115. The van der Waals surface area contributed by atoms with E-state index in [0.717, 1.165) is 14.9 Å². The minimum absolute atomic E-state index is 0.0433. The van der Waals surface area contributed by atoms with Crippen LogP contribution in [-0.4, -0.2) is 18.5 Å². The maximum Gasteiger partial charge on any atom is 0.338 e. The molecule has 3 aromatic rings.